The zero-order valence-corrected chi connectivity index (χ0v) is 77.2. The minimum atomic E-state index is -1.86. The van der Waals surface area contributed by atoms with Crippen LogP contribution in [0.1, 0.15) is 118 Å². The minimum Gasteiger partial charge on any atom is -0.494 e. The topological polar surface area (TPSA) is 464 Å². The predicted molar refractivity (Wildman–Crippen MR) is 486 cm³/mol. The first-order valence-electron chi connectivity index (χ1n) is 43.5. The van der Waals surface area contributed by atoms with E-state index in [9.17, 15) is 94.3 Å². The van der Waals surface area contributed by atoms with Crippen LogP contribution in [0.4, 0.5) is 54.3 Å². The normalized spacial score (nSPS) is 21.2. The fourth-order valence-corrected chi connectivity index (χ4v) is 17.5. The molecule has 0 spiro atoms. The number of nitrogens with zero attached hydrogens (tertiary/aromatic N) is 11. The molecule has 738 valence electrons. The summed E-state index contributed by atoms with van der Waals surface area (Å²) < 4.78 is 136. The number of oxime groups is 2. The highest BCUT2D eigenvalue weighted by atomic mass is 35.5. The second kappa shape index (κ2) is 41.1. The molecule has 18 rings (SSSR count). The Balaban J connectivity index is 0.000000145. The zero-order chi connectivity index (χ0) is 103. The van der Waals surface area contributed by atoms with Crippen LogP contribution < -0.4 is 66.8 Å². The van der Waals surface area contributed by atoms with Crippen LogP contribution in [0, 0.1) is 93.9 Å². The molecule has 11 N–H and O–H groups in total. The molecule has 8 aromatic rings. The van der Waals surface area contributed by atoms with Gasteiger partial charge >= 0.3 is 24.1 Å². The summed E-state index contributed by atoms with van der Waals surface area (Å²) in [5.41, 5.74) is -5.78. The molecular formula is C96H83ClF8N20O18. The lowest BCUT2D eigenvalue weighted by Crippen LogP contribution is -2.54. The van der Waals surface area contributed by atoms with Gasteiger partial charge in [0, 0.05) is 100 Å². The third kappa shape index (κ3) is 20.2. The Morgan fingerprint density at radius 3 is 1.10 bits per heavy atom. The van der Waals surface area contributed by atoms with E-state index in [4.69, 9.17) is 30.5 Å². The number of ether oxygens (including phenoxy) is 4. The predicted octanol–water partition coefficient (Wildman–Crippen LogP) is 5.27. The summed E-state index contributed by atoms with van der Waals surface area (Å²) in [4.78, 5) is 168. The second-order valence-electron chi connectivity index (χ2n) is 33.7. The van der Waals surface area contributed by atoms with Crippen LogP contribution in [0.25, 0.3) is 0 Å². The van der Waals surface area contributed by atoms with Gasteiger partial charge in [0.15, 0.2) is 57.9 Å². The van der Waals surface area contributed by atoms with Gasteiger partial charge in [-0.05, 0) is 115 Å². The highest BCUT2D eigenvalue weighted by Gasteiger charge is 2.54. The molecule has 10 aliphatic heterocycles. The molecule has 10 aliphatic rings. The molecular weight excluding hydrogens is 1910 g/mol. The maximum absolute atomic E-state index is 15.3. The number of imide groups is 4. The van der Waals surface area contributed by atoms with Crippen molar-refractivity contribution < 1.29 is 122 Å². The lowest BCUT2D eigenvalue weighted by molar-refractivity contribution is -0.123. The van der Waals surface area contributed by atoms with Crippen molar-refractivity contribution in [1.29, 1.82) is 0 Å². The number of amidine groups is 2. The molecule has 6 fully saturated rings. The van der Waals surface area contributed by atoms with Crippen LogP contribution in [0.15, 0.2) is 126 Å². The van der Waals surface area contributed by atoms with Gasteiger partial charge in [0.25, 0.3) is 47.3 Å². The number of halogens is 9. The van der Waals surface area contributed by atoms with E-state index in [2.05, 4.69) is 127 Å². The largest absolute Gasteiger partial charge is 0.494 e. The van der Waals surface area contributed by atoms with E-state index in [1.807, 2.05) is 18.7 Å². The van der Waals surface area contributed by atoms with Crippen LogP contribution in [-0.2, 0) is 45.4 Å². The number of fused-ring (bicyclic) bond motifs is 4. The molecule has 0 unspecified atom stereocenters. The van der Waals surface area contributed by atoms with E-state index in [-0.39, 0.29) is 160 Å². The molecule has 0 saturated carbocycles. The Labute approximate surface area is 812 Å². The smallest absolute Gasteiger partial charge is 0.323 e. The Morgan fingerprint density at radius 1 is 0.441 bits per heavy atom. The van der Waals surface area contributed by atoms with E-state index < -0.39 is 140 Å². The van der Waals surface area contributed by atoms with Gasteiger partial charge in [-0.2, -0.15) is 0 Å². The Hall–Kier alpha value is -17.1. The van der Waals surface area contributed by atoms with Crippen molar-refractivity contribution in [2.75, 3.05) is 100 Å². The van der Waals surface area contributed by atoms with E-state index in [1.165, 1.54) is 103 Å². The number of amides is 16. The number of methoxy groups -OCH3 is 4. The molecule has 6 saturated heterocycles. The Morgan fingerprint density at radius 2 is 0.790 bits per heavy atom. The highest BCUT2D eigenvalue weighted by molar-refractivity contribution is 6.30. The van der Waals surface area contributed by atoms with E-state index >= 15 is 8.78 Å². The first-order chi connectivity index (χ1) is 68.3. The van der Waals surface area contributed by atoms with Gasteiger partial charge in [0.05, 0.1) is 106 Å². The third-order valence-electron chi connectivity index (χ3n) is 24.6. The molecule has 0 aliphatic carbocycles. The summed E-state index contributed by atoms with van der Waals surface area (Å²) >= 11 is 5.91. The van der Waals surface area contributed by atoms with Gasteiger partial charge in [-0.15, -0.1) is 0 Å². The molecule has 0 radical (unpaired) electrons. The first-order valence-corrected chi connectivity index (χ1v) is 43.9. The summed E-state index contributed by atoms with van der Waals surface area (Å²) in [6, 6.07) is 18.8. The summed E-state index contributed by atoms with van der Waals surface area (Å²) in [7, 11) is 5.12. The Bertz CT molecular complexity index is 7060. The highest BCUT2D eigenvalue weighted by Crippen LogP contribution is 2.38. The average molecular weight is 1990 g/mol. The van der Waals surface area contributed by atoms with Gasteiger partial charge in [-0.3, -0.25) is 69.5 Å². The fraction of sp³-hybridized carbons (Fsp3) is 0.292. The number of hydrogen-bond donors (Lipinski definition) is 11. The zero-order valence-electron chi connectivity index (χ0n) is 76.5. The van der Waals surface area contributed by atoms with Gasteiger partial charge < -0.3 is 85.3 Å². The number of urea groups is 4. The van der Waals surface area contributed by atoms with E-state index in [0.717, 1.165) is 56.3 Å². The van der Waals surface area contributed by atoms with Crippen LogP contribution in [-0.4, -0.2) is 272 Å². The van der Waals surface area contributed by atoms with Crippen molar-refractivity contribution >= 4 is 94.7 Å². The van der Waals surface area contributed by atoms with Gasteiger partial charge in [0.2, 0.25) is 22.2 Å². The Kier molecular flexibility index (Phi) is 28.9. The summed E-state index contributed by atoms with van der Waals surface area (Å²) in [6.07, 6.45) is 3.18. The number of carbonyl (C=O) groups excluding carboxylic acids is 12. The lowest BCUT2D eigenvalue weighted by Gasteiger charge is -2.40. The summed E-state index contributed by atoms with van der Waals surface area (Å²) in [5.74, 6) is 9.12. The van der Waals surface area contributed by atoms with E-state index in [1.54, 1.807) is 29.2 Å². The summed E-state index contributed by atoms with van der Waals surface area (Å²) in [5, 5.41) is 47.3. The molecule has 12 heterocycles. The molecule has 16 amide bonds. The number of pyridine rings is 2. The number of carbonyl (C=O) groups is 12. The van der Waals surface area contributed by atoms with Crippen molar-refractivity contribution in [2.24, 2.45) is 10.3 Å². The van der Waals surface area contributed by atoms with Gasteiger partial charge in [-0.25, -0.2) is 59.3 Å². The van der Waals surface area contributed by atoms with Crippen LogP contribution in [0.2, 0.25) is 5.15 Å². The number of likely N-dealkylation sites (N-methyl/N-ethyl adjacent to an activating group) is 1. The minimum absolute atomic E-state index is 0.00998. The SMILES string of the molecule is CCN1CCN(/C(=N\O)c2ccc(C#C[C@]3(CN4Cc5ccc(OC)c(F)c5C4=O)NC(=O)NC3=O)cc2F)[C@@H](C)C1.COc1ccc2c(c1F)C(=O)N(C[C@@]1(C#Cc3cc(F)cnc3Cl)NC(=O)NC1=O)C2.COc1ccc2c(c1F)C(=O)N(C[C@@]1(C#Cc3ccc(/C(=N/O)N4CCNC[C@@H]4C)c(F)c3)NC(=O)NC1=O)C2.COc1ccc2c(c1F)C(=O)N(C[C@@]1(C#Cc3cncc(F)c3)NC(=O)NC1=O)C2. The number of rotatable bonds is 15. The molecule has 6 atom stereocenters. The van der Waals surface area contributed by atoms with Crippen molar-refractivity contribution in [3.8, 4) is 70.4 Å². The first kappa shape index (κ1) is 100. The average Bonchev–Trinajstić information content (AvgIpc) is 1.62. The molecule has 0 bridgehead atoms. The number of aromatic nitrogens is 2. The standard InChI is InChI=1S/C29H30F2N6O5.C27H26F2N6O5.C20H13ClF2N4O4.C20H14F2N4O4/c1-4-35-11-12-37(17(2)14-35)25(34-41)20-7-5-18(13-21(20)30)9-10-29(27(39)32-28(40)33-29)16-36-15-19-6-8-22(42-3)24(31)23(19)26(36)38;1-15-12-30-9-10-35(15)23(33-39)18-5-3-16(11-19(18)28)7-8-27(25(37)31-26(38)32-27)14-34-13-17-4-6-20(40-2)22(29)21(17)24(34)36;1-31-13-3-2-11-8-27(17(28)14(11)15(13)23)9-20(18(29)25-19(30)26-20)5-4-10-6-12(22)7-24-16(10)21;1-30-14-3-2-12-9-26(17(27)15(12)16(14)22)10-20(18(28)24-19(29)25-20)5-4-11-6-13(21)8-23-7-11/h5-8,13,17,41H,4,11-12,14-16H2,1-3H3,(H2,32,33,39,40);3-6,11,15,30,39H,9-10,12-14H2,1-2H3,(H2,31,32,37,38);2-3,6-7H,8-9H2,1H3,(H2,25,26,29,30);2-3,6-8H,9-10H2,1H3,(H2,24,25,28,29)/b34-25-;33-23-;;/t17-,29+;15-,27+;2*20-/m0011/s1. The van der Waals surface area contributed by atoms with Crippen molar-refractivity contribution in [3.05, 3.63) is 245 Å². The molecule has 143 heavy (non-hydrogen) atoms. The maximum atomic E-state index is 15.3. The fourth-order valence-electron chi connectivity index (χ4n) is 17.4. The van der Waals surface area contributed by atoms with Gasteiger partial charge in [-0.1, -0.05) is 100 Å². The van der Waals surface area contributed by atoms with Crippen LogP contribution in [0.5, 0.6) is 23.0 Å². The van der Waals surface area contributed by atoms with E-state index in [0.29, 0.717) is 48.4 Å². The van der Waals surface area contributed by atoms with Crippen LogP contribution >= 0.6 is 11.6 Å². The lowest BCUT2D eigenvalue weighted by atomic mass is 9.98. The van der Waals surface area contributed by atoms with Crippen molar-refractivity contribution in [3.63, 3.8) is 0 Å². The monoisotopic (exact) mass is 1990 g/mol. The molecule has 2 aromatic heterocycles. The number of hydrogen-bond acceptors (Lipinski definition) is 24. The quantitative estimate of drug-likeness (QED) is 0.00909. The maximum Gasteiger partial charge on any atom is 0.323 e. The number of benzene rings is 6. The van der Waals surface area contributed by atoms with Crippen molar-refractivity contribution in [1.82, 2.24) is 92.1 Å². The van der Waals surface area contributed by atoms with Crippen LogP contribution in [0.3, 0.4) is 0 Å². The van der Waals surface area contributed by atoms with Gasteiger partial charge in [0.1, 0.15) is 28.4 Å². The molecule has 6 aromatic carbocycles. The summed E-state index contributed by atoms with van der Waals surface area (Å²) in [6.45, 7) is 9.19. The molecule has 47 heteroatoms. The van der Waals surface area contributed by atoms with Crippen molar-refractivity contribution in [2.45, 2.75) is 81.2 Å². The molecule has 38 nitrogen and oxygen atoms in total. The second-order valence-corrected chi connectivity index (χ2v) is 34.0. The number of piperazine rings is 2. The number of nitrogens with one attached hydrogen (secondary N) is 9. The third-order valence-corrected chi connectivity index (χ3v) is 24.9.